The van der Waals surface area contributed by atoms with Gasteiger partial charge in [-0.25, -0.2) is 0 Å². The van der Waals surface area contributed by atoms with Gasteiger partial charge in [0.15, 0.2) is 0 Å². The molecule has 2 heteroatoms. The number of nitrogens with one attached hydrogen (secondary N) is 1. The van der Waals surface area contributed by atoms with Crippen LogP contribution in [0.4, 0.5) is 0 Å². The molecule has 0 radical (unpaired) electrons. The van der Waals surface area contributed by atoms with E-state index in [1.165, 1.54) is 22.9 Å². The number of fused-ring (bicyclic) bond motifs is 1. The second kappa shape index (κ2) is 3.71. The van der Waals surface area contributed by atoms with Gasteiger partial charge in [-0.1, -0.05) is 24.3 Å². The molecule has 1 atom stereocenters. The Hall–Kier alpha value is -1.70. The Morgan fingerprint density at radius 3 is 3.00 bits per heavy atom. The van der Waals surface area contributed by atoms with Gasteiger partial charge in [0.05, 0.1) is 6.04 Å². The van der Waals surface area contributed by atoms with Gasteiger partial charge in [-0.15, -0.1) is 0 Å². The van der Waals surface area contributed by atoms with E-state index < -0.39 is 0 Å². The molecule has 0 bridgehead atoms. The van der Waals surface area contributed by atoms with Crippen molar-refractivity contribution in [2.45, 2.75) is 19.4 Å². The summed E-state index contributed by atoms with van der Waals surface area (Å²) in [6.07, 6.45) is 7.77. The molecule has 3 rings (SSSR count). The molecule has 16 heavy (non-hydrogen) atoms. The number of hydrogen-bond acceptors (Lipinski definition) is 1. The number of rotatable bonds is 2. The van der Waals surface area contributed by atoms with E-state index in [0.717, 1.165) is 6.54 Å². The van der Waals surface area contributed by atoms with Crippen LogP contribution < -0.4 is 0 Å². The second-order valence-electron chi connectivity index (χ2n) is 4.38. The van der Waals surface area contributed by atoms with Crippen molar-refractivity contribution in [3.63, 3.8) is 0 Å². The molecule has 1 aliphatic heterocycles. The molecule has 1 aromatic carbocycles. The topological polar surface area (TPSA) is 19.0 Å². The third kappa shape index (κ3) is 1.42. The lowest BCUT2D eigenvalue weighted by Crippen LogP contribution is -2.18. The van der Waals surface area contributed by atoms with Crippen LogP contribution in [0, 0.1) is 0 Å². The molecule has 0 saturated carbocycles. The highest BCUT2D eigenvalue weighted by Crippen LogP contribution is 2.29. The summed E-state index contributed by atoms with van der Waals surface area (Å²) in [5.41, 5.74) is 2.62. The Balaban J connectivity index is 2.01. The van der Waals surface area contributed by atoms with E-state index in [2.05, 4.69) is 59.5 Å². The molecular formula is C14H16N2. The maximum atomic E-state index is 3.34. The van der Waals surface area contributed by atoms with Gasteiger partial charge in [-0.05, 0) is 31.2 Å². The molecule has 1 unspecified atom stereocenters. The number of aromatic amines is 1. The maximum Gasteiger partial charge on any atom is 0.0529 e. The summed E-state index contributed by atoms with van der Waals surface area (Å²) in [5, 5.41) is 1.34. The van der Waals surface area contributed by atoms with Crippen LogP contribution in [0.2, 0.25) is 0 Å². The summed E-state index contributed by atoms with van der Waals surface area (Å²) in [7, 11) is 0. The zero-order chi connectivity index (χ0) is 11.0. The summed E-state index contributed by atoms with van der Waals surface area (Å²) in [6.45, 7) is 3.41. The lowest BCUT2D eigenvalue weighted by molar-refractivity contribution is 0.324. The maximum absolute atomic E-state index is 3.34. The van der Waals surface area contributed by atoms with E-state index >= 15 is 0 Å². The van der Waals surface area contributed by atoms with Crippen LogP contribution >= 0.6 is 0 Å². The fourth-order valence-electron chi connectivity index (χ4n) is 2.45. The summed E-state index contributed by atoms with van der Waals surface area (Å²) in [5.74, 6) is 0. The number of benzene rings is 1. The first-order valence-corrected chi connectivity index (χ1v) is 5.84. The average molecular weight is 212 g/mol. The number of para-hydroxylation sites is 1. The molecule has 2 heterocycles. The van der Waals surface area contributed by atoms with Crippen LogP contribution in [0.15, 0.2) is 42.7 Å². The Labute approximate surface area is 95.6 Å². The quantitative estimate of drug-likeness (QED) is 0.807. The van der Waals surface area contributed by atoms with E-state index in [1.807, 2.05) is 0 Å². The molecule has 1 aliphatic rings. The number of hydrogen-bond donors (Lipinski definition) is 1. The molecule has 2 aromatic rings. The third-order valence-electron chi connectivity index (χ3n) is 3.42. The van der Waals surface area contributed by atoms with Crippen LogP contribution in [-0.4, -0.2) is 16.4 Å². The van der Waals surface area contributed by atoms with E-state index in [1.54, 1.807) is 0 Å². The fourth-order valence-corrected chi connectivity index (χ4v) is 2.45. The van der Waals surface area contributed by atoms with Crippen LogP contribution in [0.5, 0.6) is 0 Å². The SMILES string of the molecule is CC(c1c[nH]c2ccccc12)N1C=CCC1. The second-order valence-corrected chi connectivity index (χ2v) is 4.38. The van der Waals surface area contributed by atoms with Gasteiger partial charge in [0.2, 0.25) is 0 Å². The Bertz CT molecular complexity index is 524. The highest BCUT2D eigenvalue weighted by molar-refractivity contribution is 5.83. The van der Waals surface area contributed by atoms with Crippen molar-refractivity contribution in [3.8, 4) is 0 Å². The summed E-state index contributed by atoms with van der Waals surface area (Å²) in [4.78, 5) is 5.74. The minimum Gasteiger partial charge on any atom is -0.371 e. The van der Waals surface area contributed by atoms with E-state index in [4.69, 9.17) is 0 Å². The van der Waals surface area contributed by atoms with Gasteiger partial charge < -0.3 is 9.88 Å². The van der Waals surface area contributed by atoms with Gasteiger partial charge in [0, 0.05) is 23.6 Å². The average Bonchev–Trinajstić information content (AvgIpc) is 2.98. The molecule has 0 saturated heterocycles. The Kier molecular flexibility index (Phi) is 2.21. The smallest absolute Gasteiger partial charge is 0.0529 e. The molecule has 0 aliphatic carbocycles. The highest BCUT2D eigenvalue weighted by atomic mass is 15.1. The predicted molar refractivity (Wildman–Crippen MR) is 67.2 cm³/mol. The van der Waals surface area contributed by atoms with E-state index in [9.17, 15) is 0 Å². The molecule has 0 spiro atoms. The first-order chi connectivity index (χ1) is 7.86. The molecule has 1 N–H and O–H groups in total. The molecular weight excluding hydrogens is 196 g/mol. The van der Waals surface area contributed by atoms with E-state index in [0.29, 0.717) is 6.04 Å². The molecule has 1 aromatic heterocycles. The minimum absolute atomic E-state index is 0.454. The first kappa shape index (κ1) is 9.52. The fraction of sp³-hybridized carbons (Fsp3) is 0.286. The summed E-state index contributed by atoms with van der Waals surface area (Å²) >= 11 is 0. The molecule has 82 valence electrons. The molecule has 2 nitrogen and oxygen atoms in total. The van der Waals surface area contributed by atoms with Crippen LogP contribution in [0.3, 0.4) is 0 Å². The van der Waals surface area contributed by atoms with Gasteiger partial charge in [-0.2, -0.15) is 0 Å². The van der Waals surface area contributed by atoms with Crippen molar-refractivity contribution in [2.75, 3.05) is 6.54 Å². The monoisotopic (exact) mass is 212 g/mol. The normalized spacial score (nSPS) is 17.2. The van der Waals surface area contributed by atoms with Crippen LogP contribution in [0.25, 0.3) is 10.9 Å². The first-order valence-electron chi connectivity index (χ1n) is 5.84. The largest absolute Gasteiger partial charge is 0.371 e. The molecule has 0 amide bonds. The zero-order valence-corrected chi connectivity index (χ0v) is 9.48. The van der Waals surface area contributed by atoms with Crippen molar-refractivity contribution in [2.24, 2.45) is 0 Å². The standard InChI is InChI=1S/C14H16N2/c1-11(16-8-4-5-9-16)13-10-15-14-7-3-2-6-12(13)14/h2-4,6-8,10-11,15H,5,9H2,1H3. The molecule has 0 fully saturated rings. The van der Waals surface area contributed by atoms with Gasteiger partial charge in [0.25, 0.3) is 0 Å². The summed E-state index contributed by atoms with van der Waals surface area (Å²) < 4.78 is 0. The van der Waals surface area contributed by atoms with Crippen molar-refractivity contribution >= 4 is 10.9 Å². The van der Waals surface area contributed by atoms with Crippen molar-refractivity contribution in [3.05, 3.63) is 48.3 Å². The minimum atomic E-state index is 0.454. The predicted octanol–water partition coefficient (Wildman–Crippen LogP) is 3.45. The van der Waals surface area contributed by atoms with Gasteiger partial charge in [-0.3, -0.25) is 0 Å². The van der Waals surface area contributed by atoms with Crippen LogP contribution in [0.1, 0.15) is 24.9 Å². The zero-order valence-electron chi connectivity index (χ0n) is 9.48. The van der Waals surface area contributed by atoms with Gasteiger partial charge in [0.1, 0.15) is 0 Å². The van der Waals surface area contributed by atoms with Crippen molar-refractivity contribution < 1.29 is 0 Å². The lowest BCUT2D eigenvalue weighted by Gasteiger charge is -2.24. The van der Waals surface area contributed by atoms with Crippen molar-refractivity contribution in [1.29, 1.82) is 0 Å². The highest BCUT2D eigenvalue weighted by Gasteiger charge is 2.17. The van der Waals surface area contributed by atoms with E-state index in [-0.39, 0.29) is 0 Å². The van der Waals surface area contributed by atoms with Gasteiger partial charge >= 0.3 is 0 Å². The third-order valence-corrected chi connectivity index (χ3v) is 3.42. The van der Waals surface area contributed by atoms with Crippen molar-refractivity contribution in [1.82, 2.24) is 9.88 Å². The number of nitrogens with zero attached hydrogens (tertiary/aromatic N) is 1. The summed E-state index contributed by atoms with van der Waals surface area (Å²) in [6, 6.07) is 8.95. The van der Waals surface area contributed by atoms with Crippen LogP contribution in [-0.2, 0) is 0 Å². The Morgan fingerprint density at radius 1 is 1.31 bits per heavy atom. The number of H-pyrrole nitrogens is 1. The number of aromatic nitrogens is 1. The lowest BCUT2D eigenvalue weighted by atomic mass is 10.1. The Morgan fingerprint density at radius 2 is 2.19 bits per heavy atom.